The normalized spacial score (nSPS) is 24.8. The molecule has 0 radical (unpaired) electrons. The van der Waals surface area contributed by atoms with Gasteiger partial charge in [-0.15, -0.1) is 0 Å². The minimum absolute atomic E-state index is 0.0913. The Balaban J connectivity index is 1.86. The largest absolute Gasteiger partial charge is 0.369 e. The average Bonchev–Trinajstić information content (AvgIpc) is 2.54. The van der Waals surface area contributed by atoms with Gasteiger partial charge >= 0.3 is 0 Å². The molecule has 0 spiro atoms. The Morgan fingerprint density at radius 2 is 1.87 bits per heavy atom. The number of Topliss-reactive ketones (excluding diaryl/α,β-unsaturated/α-hetero) is 2. The molecule has 3 aliphatic rings. The molecule has 0 aromatic heterocycles. The highest BCUT2D eigenvalue weighted by Crippen LogP contribution is 2.38. The number of benzene rings is 1. The maximum atomic E-state index is 12.7. The summed E-state index contributed by atoms with van der Waals surface area (Å²) in [6.45, 7) is 0. The van der Waals surface area contributed by atoms with Crippen LogP contribution in [0.15, 0.2) is 65.3 Å². The van der Waals surface area contributed by atoms with E-state index in [2.05, 4.69) is 0 Å². The standard InChI is InChI=1S/C19H13NO3/c20-19(23)14-6-5-11-8-12-7-10-3-1-2-4-13(10)17(21)16(12)9-15(11)18(14)22/h1-9,14-15H,(H2,20,23). The summed E-state index contributed by atoms with van der Waals surface area (Å²) in [6, 6.07) is 7.38. The molecule has 4 rings (SSSR count). The summed E-state index contributed by atoms with van der Waals surface area (Å²) in [4.78, 5) is 36.5. The van der Waals surface area contributed by atoms with Gasteiger partial charge in [0.15, 0.2) is 11.6 Å². The molecule has 0 aliphatic heterocycles. The summed E-state index contributed by atoms with van der Waals surface area (Å²) in [7, 11) is 0. The lowest BCUT2D eigenvalue weighted by Gasteiger charge is -2.28. The Morgan fingerprint density at radius 3 is 2.65 bits per heavy atom. The number of nitrogens with two attached hydrogens (primary N) is 1. The van der Waals surface area contributed by atoms with Crippen molar-refractivity contribution in [1.82, 2.24) is 0 Å². The number of hydrogen-bond acceptors (Lipinski definition) is 3. The number of amides is 1. The van der Waals surface area contributed by atoms with Gasteiger partial charge in [0.25, 0.3) is 0 Å². The molecule has 0 saturated carbocycles. The number of carbonyl (C=O) groups excluding carboxylic acids is 3. The maximum Gasteiger partial charge on any atom is 0.231 e. The van der Waals surface area contributed by atoms with Crippen LogP contribution < -0.4 is 5.73 Å². The van der Waals surface area contributed by atoms with Gasteiger partial charge in [-0.25, -0.2) is 0 Å². The Hall–Kier alpha value is -3.01. The molecule has 3 aliphatic carbocycles. The fraction of sp³-hybridized carbons (Fsp3) is 0.105. The number of allylic oxidation sites excluding steroid dienone is 6. The van der Waals surface area contributed by atoms with Crippen LogP contribution >= 0.6 is 0 Å². The van der Waals surface area contributed by atoms with E-state index < -0.39 is 17.7 Å². The van der Waals surface area contributed by atoms with Crippen LogP contribution in [0.3, 0.4) is 0 Å². The van der Waals surface area contributed by atoms with Crippen molar-refractivity contribution < 1.29 is 14.4 Å². The molecule has 1 amide bonds. The lowest BCUT2D eigenvalue weighted by Crippen LogP contribution is -2.36. The molecule has 0 bridgehead atoms. The molecule has 1 aromatic rings. The highest BCUT2D eigenvalue weighted by atomic mass is 16.2. The van der Waals surface area contributed by atoms with Crippen molar-refractivity contribution in [2.75, 3.05) is 0 Å². The summed E-state index contributed by atoms with van der Waals surface area (Å²) < 4.78 is 0. The Labute approximate surface area is 132 Å². The number of primary amides is 1. The number of fused-ring (bicyclic) bond motifs is 3. The molecule has 0 heterocycles. The van der Waals surface area contributed by atoms with Gasteiger partial charge in [0.1, 0.15) is 5.92 Å². The van der Waals surface area contributed by atoms with E-state index in [0.29, 0.717) is 11.1 Å². The zero-order valence-corrected chi connectivity index (χ0v) is 12.2. The third-order valence-corrected chi connectivity index (χ3v) is 4.49. The van der Waals surface area contributed by atoms with Crippen molar-refractivity contribution in [2.45, 2.75) is 0 Å². The van der Waals surface area contributed by atoms with E-state index in [0.717, 1.165) is 16.7 Å². The minimum atomic E-state index is -0.925. The predicted molar refractivity (Wildman–Crippen MR) is 85.2 cm³/mol. The van der Waals surface area contributed by atoms with Gasteiger partial charge in [-0.3, -0.25) is 14.4 Å². The van der Waals surface area contributed by atoms with E-state index in [9.17, 15) is 14.4 Å². The molecule has 2 N–H and O–H groups in total. The third-order valence-electron chi connectivity index (χ3n) is 4.49. The quantitative estimate of drug-likeness (QED) is 0.806. The lowest BCUT2D eigenvalue weighted by molar-refractivity contribution is -0.131. The zero-order chi connectivity index (χ0) is 16.1. The van der Waals surface area contributed by atoms with Crippen molar-refractivity contribution >= 4 is 23.5 Å². The summed E-state index contributed by atoms with van der Waals surface area (Å²) in [5.41, 5.74) is 8.88. The van der Waals surface area contributed by atoms with Crippen molar-refractivity contribution in [2.24, 2.45) is 17.6 Å². The molecular weight excluding hydrogens is 290 g/mol. The highest BCUT2D eigenvalue weighted by Gasteiger charge is 2.37. The molecule has 0 fully saturated rings. The average molecular weight is 303 g/mol. The summed E-state index contributed by atoms with van der Waals surface area (Å²) in [6.07, 6.45) is 8.75. The first-order valence-electron chi connectivity index (χ1n) is 7.37. The van der Waals surface area contributed by atoms with Gasteiger partial charge in [0, 0.05) is 11.1 Å². The van der Waals surface area contributed by atoms with E-state index in [4.69, 9.17) is 5.73 Å². The van der Waals surface area contributed by atoms with Gasteiger partial charge in [-0.05, 0) is 28.9 Å². The lowest BCUT2D eigenvalue weighted by atomic mass is 9.73. The van der Waals surface area contributed by atoms with Crippen LogP contribution in [0.2, 0.25) is 0 Å². The second-order valence-corrected chi connectivity index (χ2v) is 5.86. The number of carbonyl (C=O) groups is 3. The van der Waals surface area contributed by atoms with Crippen molar-refractivity contribution in [1.29, 1.82) is 0 Å². The van der Waals surface area contributed by atoms with Crippen LogP contribution in [0.1, 0.15) is 15.9 Å². The van der Waals surface area contributed by atoms with Gasteiger partial charge in [0.2, 0.25) is 5.91 Å². The van der Waals surface area contributed by atoms with Crippen LogP contribution in [0.25, 0.3) is 6.08 Å². The number of ketones is 2. The number of rotatable bonds is 1. The van der Waals surface area contributed by atoms with Gasteiger partial charge < -0.3 is 5.73 Å². The van der Waals surface area contributed by atoms with E-state index >= 15 is 0 Å². The smallest absolute Gasteiger partial charge is 0.231 e. The van der Waals surface area contributed by atoms with Crippen LogP contribution in [-0.2, 0) is 9.59 Å². The topological polar surface area (TPSA) is 77.2 Å². The maximum absolute atomic E-state index is 12.7. The first-order valence-corrected chi connectivity index (χ1v) is 7.37. The monoisotopic (exact) mass is 303 g/mol. The first kappa shape index (κ1) is 13.6. The van der Waals surface area contributed by atoms with E-state index in [1.54, 1.807) is 18.2 Å². The molecule has 23 heavy (non-hydrogen) atoms. The van der Waals surface area contributed by atoms with Crippen LogP contribution in [-0.4, -0.2) is 17.5 Å². The molecule has 2 unspecified atom stereocenters. The van der Waals surface area contributed by atoms with Crippen LogP contribution in [0.4, 0.5) is 0 Å². The van der Waals surface area contributed by atoms with E-state index in [1.165, 1.54) is 6.08 Å². The van der Waals surface area contributed by atoms with E-state index in [1.807, 2.05) is 30.4 Å². The highest BCUT2D eigenvalue weighted by molar-refractivity contribution is 6.18. The molecule has 1 aromatic carbocycles. The Morgan fingerprint density at radius 1 is 1.09 bits per heavy atom. The molecule has 4 nitrogen and oxygen atoms in total. The molecule has 0 saturated heterocycles. The SMILES string of the molecule is NC(=O)C1C=CC2=CC3=Cc4ccccc4C(=O)C3=CC2C1=O. The van der Waals surface area contributed by atoms with Crippen LogP contribution in [0, 0.1) is 11.8 Å². The van der Waals surface area contributed by atoms with Crippen LogP contribution in [0.5, 0.6) is 0 Å². The fourth-order valence-corrected chi connectivity index (χ4v) is 3.30. The first-order chi connectivity index (χ1) is 11.1. The molecular formula is C19H13NO3. The number of hydrogen-bond donors (Lipinski definition) is 1. The fourth-order valence-electron chi connectivity index (χ4n) is 3.30. The predicted octanol–water partition coefficient (Wildman–Crippen LogP) is 1.99. The Kier molecular flexibility index (Phi) is 2.81. The molecule has 4 heteroatoms. The second kappa shape index (κ2) is 4.74. The summed E-state index contributed by atoms with van der Waals surface area (Å²) in [5, 5.41) is 0. The zero-order valence-electron chi connectivity index (χ0n) is 12.2. The van der Waals surface area contributed by atoms with Crippen molar-refractivity contribution in [3.05, 3.63) is 76.4 Å². The van der Waals surface area contributed by atoms with E-state index in [-0.39, 0.29) is 11.6 Å². The summed E-state index contributed by atoms with van der Waals surface area (Å²) >= 11 is 0. The second-order valence-electron chi connectivity index (χ2n) is 5.86. The van der Waals surface area contributed by atoms with Crippen molar-refractivity contribution in [3.8, 4) is 0 Å². The van der Waals surface area contributed by atoms with Gasteiger partial charge in [-0.1, -0.05) is 42.5 Å². The Bertz CT molecular complexity index is 899. The van der Waals surface area contributed by atoms with Gasteiger partial charge in [-0.2, -0.15) is 0 Å². The van der Waals surface area contributed by atoms with Crippen molar-refractivity contribution in [3.63, 3.8) is 0 Å². The molecule has 2 atom stereocenters. The minimum Gasteiger partial charge on any atom is -0.369 e. The molecule has 112 valence electrons. The van der Waals surface area contributed by atoms with Gasteiger partial charge in [0.05, 0.1) is 5.92 Å². The summed E-state index contributed by atoms with van der Waals surface area (Å²) in [5.74, 6) is -2.54. The third kappa shape index (κ3) is 1.95.